The zero-order chi connectivity index (χ0) is 9.80. The van der Waals surface area contributed by atoms with Gasteiger partial charge >= 0.3 is 0 Å². The predicted octanol–water partition coefficient (Wildman–Crippen LogP) is 1.12. The predicted molar refractivity (Wildman–Crippen MR) is 51.4 cm³/mol. The molecule has 4 nitrogen and oxygen atoms in total. The van der Waals surface area contributed by atoms with Gasteiger partial charge in [0.1, 0.15) is 0 Å². The molecule has 0 bridgehead atoms. The Kier molecular flexibility index (Phi) is 2.55. The number of aromatic nitrogens is 2. The molecule has 0 atom stereocenters. The first kappa shape index (κ1) is 8.90. The summed E-state index contributed by atoms with van der Waals surface area (Å²) in [6.45, 7) is 0.318. The van der Waals surface area contributed by atoms with Crippen LogP contribution in [0.15, 0.2) is 34.9 Å². The SMILES string of the molecule is NCc1noc(Cc2ccccc2)n1. The van der Waals surface area contributed by atoms with Crippen molar-refractivity contribution in [2.45, 2.75) is 13.0 Å². The van der Waals surface area contributed by atoms with Crippen LogP contribution in [0.1, 0.15) is 17.3 Å². The summed E-state index contributed by atoms with van der Waals surface area (Å²) in [4.78, 5) is 4.12. The Balaban J connectivity index is 2.11. The molecule has 4 heteroatoms. The summed E-state index contributed by atoms with van der Waals surface area (Å²) in [5, 5.41) is 3.72. The number of nitrogens with zero attached hydrogens (tertiary/aromatic N) is 2. The first-order valence-corrected chi connectivity index (χ1v) is 4.44. The average molecular weight is 189 g/mol. The highest BCUT2D eigenvalue weighted by Gasteiger charge is 2.04. The lowest BCUT2D eigenvalue weighted by Crippen LogP contribution is -1.98. The molecule has 0 aliphatic heterocycles. The molecule has 0 saturated carbocycles. The minimum absolute atomic E-state index is 0.318. The zero-order valence-electron chi connectivity index (χ0n) is 7.68. The molecule has 1 aromatic heterocycles. The fraction of sp³-hybridized carbons (Fsp3) is 0.200. The number of hydrogen-bond acceptors (Lipinski definition) is 4. The Morgan fingerprint density at radius 3 is 2.64 bits per heavy atom. The summed E-state index contributed by atoms with van der Waals surface area (Å²) in [5.41, 5.74) is 6.52. The zero-order valence-corrected chi connectivity index (χ0v) is 7.68. The maximum atomic E-state index is 5.37. The number of benzene rings is 1. The van der Waals surface area contributed by atoms with Gasteiger partial charge in [-0.25, -0.2) is 0 Å². The van der Waals surface area contributed by atoms with Gasteiger partial charge in [0, 0.05) is 0 Å². The van der Waals surface area contributed by atoms with Gasteiger partial charge in [-0.1, -0.05) is 35.5 Å². The Morgan fingerprint density at radius 2 is 2.00 bits per heavy atom. The summed E-state index contributed by atoms with van der Waals surface area (Å²) in [6, 6.07) is 9.98. The van der Waals surface area contributed by atoms with E-state index >= 15 is 0 Å². The van der Waals surface area contributed by atoms with Crippen LogP contribution in [-0.2, 0) is 13.0 Å². The number of nitrogens with two attached hydrogens (primary N) is 1. The maximum absolute atomic E-state index is 5.37. The molecule has 0 radical (unpaired) electrons. The van der Waals surface area contributed by atoms with Crippen LogP contribution in [0.3, 0.4) is 0 Å². The van der Waals surface area contributed by atoms with Crippen molar-refractivity contribution in [1.82, 2.24) is 10.1 Å². The van der Waals surface area contributed by atoms with Gasteiger partial charge in [-0.05, 0) is 5.56 Å². The minimum Gasteiger partial charge on any atom is -0.339 e. The van der Waals surface area contributed by atoms with Crippen molar-refractivity contribution in [3.63, 3.8) is 0 Å². The Morgan fingerprint density at radius 1 is 1.21 bits per heavy atom. The van der Waals surface area contributed by atoms with Crippen molar-refractivity contribution < 1.29 is 4.52 Å². The molecule has 14 heavy (non-hydrogen) atoms. The third-order valence-corrected chi connectivity index (χ3v) is 1.89. The van der Waals surface area contributed by atoms with E-state index in [4.69, 9.17) is 10.3 Å². The molecule has 2 N–H and O–H groups in total. The van der Waals surface area contributed by atoms with Crippen LogP contribution in [0.5, 0.6) is 0 Å². The van der Waals surface area contributed by atoms with Crippen LogP contribution in [0, 0.1) is 0 Å². The monoisotopic (exact) mass is 189 g/mol. The van der Waals surface area contributed by atoms with Crippen molar-refractivity contribution in [3.8, 4) is 0 Å². The molecular weight excluding hydrogens is 178 g/mol. The average Bonchev–Trinajstić information content (AvgIpc) is 2.67. The quantitative estimate of drug-likeness (QED) is 0.785. The highest BCUT2D eigenvalue weighted by Crippen LogP contribution is 2.06. The standard InChI is InChI=1S/C10H11N3O/c11-7-9-12-10(14-13-9)6-8-4-2-1-3-5-8/h1-5H,6-7,11H2. The van der Waals surface area contributed by atoms with Gasteiger partial charge in [-0.15, -0.1) is 0 Å². The molecule has 2 rings (SSSR count). The third kappa shape index (κ3) is 1.97. The molecule has 0 fully saturated rings. The van der Waals surface area contributed by atoms with Crippen LogP contribution >= 0.6 is 0 Å². The number of rotatable bonds is 3. The Bertz CT molecular complexity index is 397. The van der Waals surface area contributed by atoms with Crippen LogP contribution in [-0.4, -0.2) is 10.1 Å². The minimum atomic E-state index is 0.318. The summed E-state index contributed by atoms with van der Waals surface area (Å²) in [6.07, 6.45) is 0.661. The van der Waals surface area contributed by atoms with E-state index in [0.29, 0.717) is 24.7 Å². The van der Waals surface area contributed by atoms with Gasteiger partial charge in [-0.3, -0.25) is 0 Å². The van der Waals surface area contributed by atoms with Crippen molar-refractivity contribution in [3.05, 3.63) is 47.6 Å². The summed E-state index contributed by atoms with van der Waals surface area (Å²) < 4.78 is 5.02. The normalized spacial score (nSPS) is 10.4. The van der Waals surface area contributed by atoms with Gasteiger partial charge in [0.25, 0.3) is 0 Å². The van der Waals surface area contributed by atoms with Crippen molar-refractivity contribution >= 4 is 0 Å². The number of hydrogen-bond donors (Lipinski definition) is 1. The summed E-state index contributed by atoms with van der Waals surface area (Å²) >= 11 is 0. The first-order chi connectivity index (χ1) is 6.88. The molecule has 72 valence electrons. The van der Waals surface area contributed by atoms with Crippen LogP contribution in [0.4, 0.5) is 0 Å². The largest absolute Gasteiger partial charge is 0.339 e. The summed E-state index contributed by atoms with van der Waals surface area (Å²) in [7, 11) is 0. The van der Waals surface area contributed by atoms with Gasteiger partial charge in [0.05, 0.1) is 13.0 Å². The Labute approximate surface area is 81.7 Å². The van der Waals surface area contributed by atoms with E-state index in [1.165, 1.54) is 0 Å². The second-order valence-electron chi connectivity index (χ2n) is 2.97. The van der Waals surface area contributed by atoms with Crippen molar-refractivity contribution in [1.29, 1.82) is 0 Å². The Hall–Kier alpha value is -1.68. The molecule has 0 aliphatic rings. The van der Waals surface area contributed by atoms with Crippen LogP contribution in [0.25, 0.3) is 0 Å². The molecular formula is C10H11N3O. The fourth-order valence-corrected chi connectivity index (χ4v) is 1.22. The summed E-state index contributed by atoms with van der Waals surface area (Å²) in [5.74, 6) is 1.16. The molecule has 0 unspecified atom stereocenters. The van der Waals surface area contributed by atoms with E-state index in [2.05, 4.69) is 10.1 Å². The molecule has 1 aromatic carbocycles. The maximum Gasteiger partial charge on any atom is 0.231 e. The van der Waals surface area contributed by atoms with Gasteiger partial charge < -0.3 is 10.3 Å². The lowest BCUT2D eigenvalue weighted by molar-refractivity contribution is 0.379. The highest BCUT2D eigenvalue weighted by molar-refractivity contribution is 5.17. The van der Waals surface area contributed by atoms with E-state index < -0.39 is 0 Å². The highest BCUT2D eigenvalue weighted by atomic mass is 16.5. The van der Waals surface area contributed by atoms with E-state index in [9.17, 15) is 0 Å². The lowest BCUT2D eigenvalue weighted by Gasteiger charge is -1.93. The van der Waals surface area contributed by atoms with Crippen molar-refractivity contribution in [2.24, 2.45) is 5.73 Å². The fourth-order valence-electron chi connectivity index (χ4n) is 1.22. The van der Waals surface area contributed by atoms with E-state index in [0.717, 1.165) is 5.56 Å². The second kappa shape index (κ2) is 4.02. The molecule has 0 amide bonds. The molecule has 0 saturated heterocycles. The molecule has 2 aromatic rings. The molecule has 0 spiro atoms. The van der Waals surface area contributed by atoms with E-state index in [1.807, 2.05) is 30.3 Å². The van der Waals surface area contributed by atoms with Gasteiger partial charge in [0.2, 0.25) is 5.89 Å². The third-order valence-electron chi connectivity index (χ3n) is 1.89. The van der Waals surface area contributed by atoms with Crippen LogP contribution in [0.2, 0.25) is 0 Å². The van der Waals surface area contributed by atoms with Crippen LogP contribution < -0.4 is 5.73 Å². The smallest absolute Gasteiger partial charge is 0.231 e. The van der Waals surface area contributed by atoms with Gasteiger partial charge in [0.15, 0.2) is 5.82 Å². The second-order valence-corrected chi connectivity index (χ2v) is 2.97. The van der Waals surface area contributed by atoms with Gasteiger partial charge in [-0.2, -0.15) is 4.98 Å². The van der Waals surface area contributed by atoms with E-state index in [1.54, 1.807) is 0 Å². The lowest BCUT2D eigenvalue weighted by atomic mass is 10.1. The molecule has 1 heterocycles. The molecule has 0 aliphatic carbocycles. The topological polar surface area (TPSA) is 64.9 Å². The van der Waals surface area contributed by atoms with Crippen molar-refractivity contribution in [2.75, 3.05) is 0 Å². The van der Waals surface area contributed by atoms with E-state index in [-0.39, 0.29) is 0 Å². The first-order valence-electron chi connectivity index (χ1n) is 4.44.